The summed E-state index contributed by atoms with van der Waals surface area (Å²) in [5, 5.41) is 3.51. The van der Waals surface area contributed by atoms with Crippen LogP contribution in [0.2, 0.25) is 0 Å². The fourth-order valence-electron chi connectivity index (χ4n) is 2.94. The lowest BCUT2D eigenvalue weighted by atomic mass is 10.3. The van der Waals surface area contributed by atoms with Gasteiger partial charge in [0.1, 0.15) is 17.3 Å². The molecular weight excluding hydrogens is 424 g/mol. The Bertz CT molecular complexity index is 1020. The smallest absolute Gasteiger partial charge is 0.276 e. The summed E-state index contributed by atoms with van der Waals surface area (Å²) in [5.41, 5.74) is 0.932. The van der Waals surface area contributed by atoms with Gasteiger partial charge in [-0.3, -0.25) is 4.79 Å². The summed E-state index contributed by atoms with van der Waals surface area (Å²) in [6, 6.07) is 4.47. The van der Waals surface area contributed by atoms with Gasteiger partial charge in [0.2, 0.25) is 11.0 Å². The quantitative estimate of drug-likeness (QED) is 0.611. The number of thiophene rings is 1. The van der Waals surface area contributed by atoms with Crippen molar-refractivity contribution >= 4 is 37.1 Å². The molecule has 0 N–H and O–H groups in total. The largest absolute Gasteiger partial charge is 0.447 e. The second-order valence-corrected chi connectivity index (χ2v) is 11.5. The molecule has 2 aromatic rings. The van der Waals surface area contributed by atoms with Crippen LogP contribution in [0.15, 0.2) is 38.5 Å². The summed E-state index contributed by atoms with van der Waals surface area (Å²) < 4.78 is 56.3. The van der Waals surface area contributed by atoms with Crippen molar-refractivity contribution in [3.8, 4) is 0 Å². The average molecular weight is 447 g/mol. The fourth-order valence-corrected chi connectivity index (χ4v) is 6.33. The molecule has 0 aliphatic carbocycles. The molecule has 0 unspecified atom stereocenters. The van der Waals surface area contributed by atoms with Gasteiger partial charge < -0.3 is 9.32 Å². The first-order valence-electron chi connectivity index (χ1n) is 8.72. The zero-order valence-corrected chi connectivity index (χ0v) is 17.9. The Morgan fingerprint density at radius 2 is 1.89 bits per heavy atom. The summed E-state index contributed by atoms with van der Waals surface area (Å²) in [7, 11) is -6.00. The fraction of sp³-hybridized carbons (Fsp3) is 0.471. The molecule has 28 heavy (non-hydrogen) atoms. The van der Waals surface area contributed by atoms with Gasteiger partial charge >= 0.3 is 0 Å². The first-order valence-corrected chi connectivity index (χ1v) is 12.9. The highest BCUT2D eigenvalue weighted by Gasteiger charge is 2.30. The summed E-state index contributed by atoms with van der Waals surface area (Å²) in [5.74, 6) is -1.71. The van der Waals surface area contributed by atoms with Crippen molar-refractivity contribution in [1.82, 2.24) is 9.21 Å². The van der Waals surface area contributed by atoms with E-state index in [1.165, 1.54) is 32.7 Å². The maximum Gasteiger partial charge on any atom is 0.276 e. The van der Waals surface area contributed by atoms with Crippen molar-refractivity contribution in [2.75, 3.05) is 25.9 Å². The lowest BCUT2D eigenvalue weighted by molar-refractivity contribution is -0.127. The predicted octanol–water partition coefficient (Wildman–Crippen LogP) is 1.70. The van der Waals surface area contributed by atoms with Crippen LogP contribution in [0.25, 0.3) is 0 Å². The molecular formula is C17H22N2O6S3. The molecule has 2 aromatic heterocycles. The van der Waals surface area contributed by atoms with Crippen molar-refractivity contribution in [1.29, 1.82) is 0 Å². The number of carbonyl (C=O) groups excluding carboxylic acids is 1. The predicted molar refractivity (Wildman–Crippen MR) is 105 cm³/mol. The Kier molecular flexibility index (Phi) is 6.28. The second kappa shape index (κ2) is 8.36. The number of hydrogen-bond donors (Lipinski definition) is 0. The zero-order valence-electron chi connectivity index (χ0n) is 15.4. The first-order chi connectivity index (χ1) is 13.2. The van der Waals surface area contributed by atoms with E-state index in [2.05, 4.69) is 0 Å². The van der Waals surface area contributed by atoms with Crippen molar-refractivity contribution in [3.63, 3.8) is 0 Å². The summed E-state index contributed by atoms with van der Waals surface area (Å²) in [6.45, 7) is 1.19. The van der Waals surface area contributed by atoms with Crippen LogP contribution in [0.1, 0.15) is 24.2 Å². The van der Waals surface area contributed by atoms with Gasteiger partial charge in [0.05, 0.1) is 0 Å². The van der Waals surface area contributed by atoms with Gasteiger partial charge in [0.15, 0.2) is 9.84 Å². The Morgan fingerprint density at radius 3 is 2.54 bits per heavy atom. The molecule has 8 nitrogen and oxygen atoms in total. The normalized spacial score (nSPS) is 15.8. The minimum absolute atomic E-state index is 0.00561. The van der Waals surface area contributed by atoms with Crippen LogP contribution in [-0.4, -0.2) is 57.8 Å². The number of furan rings is 1. The molecule has 1 saturated heterocycles. The van der Waals surface area contributed by atoms with Crippen LogP contribution in [0, 0.1) is 0 Å². The molecule has 0 atom stereocenters. The number of amides is 1. The SMILES string of the molecule is CN(Cc1ccsc1)C(=O)CS(=O)(=O)Cc1ccc(S(=O)(=O)N2CCCC2)o1. The molecule has 1 fully saturated rings. The average Bonchev–Trinajstić information content (AvgIpc) is 3.36. The van der Waals surface area contributed by atoms with Gasteiger partial charge in [-0.1, -0.05) is 0 Å². The second-order valence-electron chi connectivity index (χ2n) is 6.75. The van der Waals surface area contributed by atoms with E-state index in [1.54, 1.807) is 7.05 Å². The molecule has 0 spiro atoms. The topological polar surface area (TPSA) is 105 Å². The van der Waals surface area contributed by atoms with Crippen LogP contribution < -0.4 is 0 Å². The molecule has 3 rings (SSSR count). The molecule has 3 heterocycles. The highest BCUT2D eigenvalue weighted by atomic mass is 32.2. The molecule has 0 radical (unpaired) electrons. The zero-order chi connectivity index (χ0) is 20.4. The Labute approximate surface area is 168 Å². The van der Waals surface area contributed by atoms with E-state index in [0.717, 1.165) is 18.4 Å². The monoisotopic (exact) mass is 446 g/mol. The van der Waals surface area contributed by atoms with Crippen LogP contribution in [0.3, 0.4) is 0 Å². The van der Waals surface area contributed by atoms with E-state index in [9.17, 15) is 21.6 Å². The van der Waals surface area contributed by atoms with Gasteiger partial charge in [0.25, 0.3) is 10.0 Å². The van der Waals surface area contributed by atoms with E-state index >= 15 is 0 Å². The lowest BCUT2D eigenvalue weighted by Gasteiger charge is -2.16. The number of hydrogen-bond acceptors (Lipinski definition) is 7. The van der Waals surface area contributed by atoms with E-state index in [-0.39, 0.29) is 10.9 Å². The van der Waals surface area contributed by atoms with Crippen LogP contribution in [-0.2, 0) is 37.0 Å². The van der Waals surface area contributed by atoms with Crippen LogP contribution in [0.4, 0.5) is 0 Å². The number of sulfone groups is 1. The van der Waals surface area contributed by atoms with Gasteiger partial charge in [-0.05, 0) is 47.4 Å². The summed E-state index contributed by atoms with van der Waals surface area (Å²) in [6.07, 6.45) is 1.59. The third-order valence-electron chi connectivity index (χ3n) is 4.43. The van der Waals surface area contributed by atoms with E-state index < -0.39 is 37.3 Å². The first kappa shape index (κ1) is 21.0. The summed E-state index contributed by atoms with van der Waals surface area (Å²) >= 11 is 1.50. The van der Waals surface area contributed by atoms with Gasteiger partial charge in [-0.25, -0.2) is 16.8 Å². The molecule has 11 heteroatoms. The standard InChI is InChI=1S/C17H22N2O6S3/c1-18(10-14-6-9-26-11-14)16(20)13-27(21,22)12-15-4-5-17(25-15)28(23,24)19-7-2-3-8-19/h4-6,9,11H,2-3,7-8,10,12-13H2,1H3. The van der Waals surface area contributed by atoms with Crippen molar-refractivity contribution in [2.45, 2.75) is 30.2 Å². The van der Waals surface area contributed by atoms with E-state index in [4.69, 9.17) is 4.42 Å². The third kappa shape index (κ3) is 5.02. The van der Waals surface area contributed by atoms with Crippen molar-refractivity contribution in [2.24, 2.45) is 0 Å². The lowest BCUT2D eigenvalue weighted by Crippen LogP contribution is -2.32. The van der Waals surface area contributed by atoms with Crippen LogP contribution in [0.5, 0.6) is 0 Å². The number of carbonyl (C=O) groups is 1. The van der Waals surface area contributed by atoms with E-state index in [1.807, 2.05) is 16.8 Å². The number of sulfonamides is 1. The molecule has 1 aliphatic heterocycles. The molecule has 0 bridgehead atoms. The number of nitrogens with zero attached hydrogens (tertiary/aromatic N) is 2. The van der Waals surface area contributed by atoms with Crippen LogP contribution >= 0.6 is 11.3 Å². The van der Waals surface area contributed by atoms with E-state index in [0.29, 0.717) is 19.6 Å². The minimum atomic E-state index is -3.80. The Balaban J connectivity index is 1.62. The van der Waals surface area contributed by atoms with Gasteiger partial charge in [-0.15, -0.1) is 0 Å². The van der Waals surface area contributed by atoms with Gasteiger partial charge in [-0.2, -0.15) is 15.6 Å². The molecule has 154 valence electrons. The molecule has 0 aromatic carbocycles. The molecule has 1 aliphatic rings. The highest BCUT2D eigenvalue weighted by Crippen LogP contribution is 2.23. The van der Waals surface area contributed by atoms with Gasteiger partial charge in [0, 0.05) is 26.7 Å². The number of rotatable bonds is 8. The molecule has 1 amide bonds. The van der Waals surface area contributed by atoms with Crippen molar-refractivity contribution in [3.05, 3.63) is 40.3 Å². The Hall–Kier alpha value is -1.69. The maximum absolute atomic E-state index is 12.5. The van der Waals surface area contributed by atoms with Crippen molar-refractivity contribution < 1.29 is 26.0 Å². The third-order valence-corrected chi connectivity index (χ3v) is 8.34. The highest BCUT2D eigenvalue weighted by molar-refractivity contribution is 7.91. The summed E-state index contributed by atoms with van der Waals surface area (Å²) in [4.78, 5) is 13.6. The maximum atomic E-state index is 12.5. The minimum Gasteiger partial charge on any atom is -0.447 e. The Morgan fingerprint density at radius 1 is 1.18 bits per heavy atom. The molecule has 0 saturated carbocycles.